The fourth-order valence-electron chi connectivity index (χ4n) is 3.11. The zero-order chi connectivity index (χ0) is 13.8. The zero-order valence-electron chi connectivity index (χ0n) is 11.8. The van der Waals surface area contributed by atoms with E-state index in [1.54, 1.807) is 12.1 Å². The molecule has 1 fully saturated rings. The monoisotopic (exact) mass is 283 g/mol. The van der Waals surface area contributed by atoms with Crippen LogP contribution >= 0.6 is 11.6 Å². The molecule has 1 nitrogen and oxygen atoms in total. The number of likely N-dealkylation sites (N-methyl/N-ethyl adjacent to an activating group) is 1. The lowest BCUT2D eigenvalue weighted by Gasteiger charge is -2.32. The average molecular weight is 284 g/mol. The van der Waals surface area contributed by atoms with Crippen molar-refractivity contribution in [1.29, 1.82) is 0 Å². The summed E-state index contributed by atoms with van der Waals surface area (Å²) in [5.74, 6) is 1.26. The molecule has 0 bridgehead atoms. The first-order chi connectivity index (χ1) is 9.10. The average Bonchev–Trinajstić information content (AvgIpc) is 2.41. The first kappa shape index (κ1) is 14.8. The van der Waals surface area contributed by atoms with Gasteiger partial charge < -0.3 is 5.32 Å². The number of hydrogen-bond acceptors (Lipinski definition) is 1. The van der Waals surface area contributed by atoms with Crippen molar-refractivity contribution in [1.82, 2.24) is 5.32 Å². The second-order valence-electron chi connectivity index (χ2n) is 5.87. The molecule has 3 heteroatoms. The van der Waals surface area contributed by atoms with Gasteiger partial charge in [0.25, 0.3) is 0 Å². The van der Waals surface area contributed by atoms with E-state index < -0.39 is 0 Å². The van der Waals surface area contributed by atoms with E-state index in [0.717, 1.165) is 17.9 Å². The molecule has 0 saturated heterocycles. The lowest BCUT2D eigenvalue weighted by atomic mass is 9.78. The van der Waals surface area contributed by atoms with Gasteiger partial charge in [0.15, 0.2) is 0 Å². The Balaban J connectivity index is 2.00. The highest BCUT2D eigenvalue weighted by Gasteiger charge is 2.25. The second kappa shape index (κ2) is 6.71. The topological polar surface area (TPSA) is 12.0 Å². The molecular weight excluding hydrogens is 261 g/mol. The van der Waals surface area contributed by atoms with Crippen LogP contribution in [0.5, 0.6) is 0 Å². The van der Waals surface area contributed by atoms with Gasteiger partial charge in [-0.25, -0.2) is 4.39 Å². The third-order valence-corrected chi connectivity index (χ3v) is 4.75. The Kier molecular flexibility index (Phi) is 5.23. The Hall–Kier alpha value is -0.600. The van der Waals surface area contributed by atoms with Crippen LogP contribution in [-0.4, -0.2) is 13.1 Å². The molecule has 2 rings (SSSR count). The minimum atomic E-state index is -0.314. The van der Waals surface area contributed by atoms with Crippen LogP contribution in [-0.2, 0) is 6.42 Å². The summed E-state index contributed by atoms with van der Waals surface area (Å²) in [4.78, 5) is 0. The van der Waals surface area contributed by atoms with Crippen molar-refractivity contribution in [3.8, 4) is 0 Å². The third-order valence-electron chi connectivity index (χ3n) is 4.44. The van der Waals surface area contributed by atoms with Gasteiger partial charge in [0.2, 0.25) is 0 Å². The Morgan fingerprint density at radius 3 is 2.58 bits per heavy atom. The van der Waals surface area contributed by atoms with Gasteiger partial charge in [-0.3, -0.25) is 0 Å². The van der Waals surface area contributed by atoms with Crippen molar-refractivity contribution in [2.75, 3.05) is 7.05 Å². The second-order valence-corrected chi connectivity index (χ2v) is 6.27. The van der Waals surface area contributed by atoms with Gasteiger partial charge in [0.1, 0.15) is 5.82 Å². The van der Waals surface area contributed by atoms with Crippen LogP contribution in [0.4, 0.5) is 4.39 Å². The van der Waals surface area contributed by atoms with E-state index in [1.807, 2.05) is 13.1 Å². The highest BCUT2D eigenvalue weighted by Crippen LogP contribution is 2.31. The van der Waals surface area contributed by atoms with Gasteiger partial charge in [-0.15, -0.1) is 0 Å². The van der Waals surface area contributed by atoms with E-state index >= 15 is 0 Å². The Bertz CT molecular complexity index is 413. The van der Waals surface area contributed by atoms with Gasteiger partial charge in [-0.05, 0) is 55.8 Å². The molecule has 0 radical (unpaired) electrons. The van der Waals surface area contributed by atoms with Crippen molar-refractivity contribution in [3.63, 3.8) is 0 Å². The van der Waals surface area contributed by atoms with Gasteiger partial charge in [-0.1, -0.05) is 37.4 Å². The molecule has 1 aliphatic carbocycles. The quantitative estimate of drug-likeness (QED) is 0.862. The maximum atomic E-state index is 13.5. The molecule has 19 heavy (non-hydrogen) atoms. The van der Waals surface area contributed by atoms with Crippen LogP contribution in [0, 0.1) is 17.7 Å². The SMILES string of the molecule is CNC(Cc1ccc(Cl)c(F)c1)C1CCC(C)CC1. The van der Waals surface area contributed by atoms with Crippen molar-refractivity contribution in [2.24, 2.45) is 11.8 Å². The summed E-state index contributed by atoms with van der Waals surface area (Å²) < 4.78 is 13.5. The molecule has 1 unspecified atom stereocenters. The van der Waals surface area contributed by atoms with Crippen molar-refractivity contribution in [3.05, 3.63) is 34.6 Å². The molecule has 0 aromatic heterocycles. The summed E-state index contributed by atoms with van der Waals surface area (Å²) in [6.07, 6.45) is 6.07. The number of halogens is 2. The lowest BCUT2D eigenvalue weighted by Crippen LogP contribution is -2.37. The van der Waals surface area contributed by atoms with E-state index in [2.05, 4.69) is 12.2 Å². The Morgan fingerprint density at radius 1 is 1.32 bits per heavy atom. The molecule has 1 aliphatic rings. The molecule has 0 heterocycles. The van der Waals surface area contributed by atoms with Crippen molar-refractivity contribution in [2.45, 2.75) is 45.1 Å². The molecule has 106 valence electrons. The summed E-state index contributed by atoms with van der Waals surface area (Å²) in [5, 5.41) is 3.62. The van der Waals surface area contributed by atoms with Crippen LogP contribution in [0.25, 0.3) is 0 Å². The number of benzene rings is 1. The van der Waals surface area contributed by atoms with Crippen molar-refractivity contribution >= 4 is 11.6 Å². The van der Waals surface area contributed by atoms with E-state index in [9.17, 15) is 4.39 Å². The van der Waals surface area contributed by atoms with Crippen LogP contribution in [0.2, 0.25) is 5.02 Å². The lowest BCUT2D eigenvalue weighted by molar-refractivity contribution is 0.235. The molecular formula is C16H23ClFN. The zero-order valence-corrected chi connectivity index (χ0v) is 12.5. The normalized spacial score (nSPS) is 25.3. The van der Waals surface area contributed by atoms with Crippen molar-refractivity contribution < 1.29 is 4.39 Å². The van der Waals surface area contributed by atoms with E-state index in [4.69, 9.17) is 11.6 Å². The molecule has 1 aromatic rings. The Labute approximate surface area is 120 Å². The first-order valence-corrected chi connectivity index (χ1v) is 7.59. The smallest absolute Gasteiger partial charge is 0.142 e. The van der Waals surface area contributed by atoms with Gasteiger partial charge >= 0.3 is 0 Å². The van der Waals surface area contributed by atoms with Crippen LogP contribution in [0.1, 0.15) is 38.2 Å². The summed E-state index contributed by atoms with van der Waals surface area (Å²) in [6.45, 7) is 2.33. The maximum absolute atomic E-state index is 13.5. The predicted octanol–water partition coefficient (Wildman–Crippen LogP) is 4.44. The standard InChI is InChI=1S/C16H23ClFN/c1-11-3-6-13(7-4-11)16(19-2)10-12-5-8-14(17)15(18)9-12/h5,8-9,11,13,16,19H,3-4,6-7,10H2,1-2H3. The summed E-state index contributed by atoms with van der Waals surface area (Å²) >= 11 is 5.73. The first-order valence-electron chi connectivity index (χ1n) is 7.21. The van der Waals surface area contributed by atoms with E-state index in [0.29, 0.717) is 12.0 Å². The maximum Gasteiger partial charge on any atom is 0.142 e. The van der Waals surface area contributed by atoms with Gasteiger partial charge in [0, 0.05) is 6.04 Å². The summed E-state index contributed by atoms with van der Waals surface area (Å²) in [7, 11) is 2.01. The molecule has 0 amide bonds. The molecule has 0 spiro atoms. The number of hydrogen-bond donors (Lipinski definition) is 1. The number of rotatable bonds is 4. The molecule has 1 N–H and O–H groups in total. The molecule has 1 atom stereocenters. The van der Waals surface area contributed by atoms with Crippen LogP contribution in [0.15, 0.2) is 18.2 Å². The third kappa shape index (κ3) is 3.93. The van der Waals surface area contributed by atoms with Gasteiger partial charge in [-0.2, -0.15) is 0 Å². The Morgan fingerprint density at radius 2 is 2.00 bits per heavy atom. The minimum Gasteiger partial charge on any atom is -0.316 e. The highest BCUT2D eigenvalue weighted by molar-refractivity contribution is 6.30. The fourth-order valence-corrected chi connectivity index (χ4v) is 3.23. The predicted molar refractivity (Wildman–Crippen MR) is 79.1 cm³/mol. The van der Waals surface area contributed by atoms with Crippen LogP contribution < -0.4 is 5.32 Å². The highest BCUT2D eigenvalue weighted by atomic mass is 35.5. The number of nitrogens with one attached hydrogen (secondary N) is 1. The summed E-state index contributed by atoms with van der Waals surface area (Å²) in [5.41, 5.74) is 1.03. The fraction of sp³-hybridized carbons (Fsp3) is 0.625. The molecule has 1 aromatic carbocycles. The summed E-state index contributed by atoms with van der Waals surface area (Å²) in [6, 6.07) is 5.59. The molecule has 1 saturated carbocycles. The minimum absolute atomic E-state index is 0.205. The van der Waals surface area contributed by atoms with Crippen LogP contribution in [0.3, 0.4) is 0 Å². The largest absolute Gasteiger partial charge is 0.316 e. The van der Waals surface area contributed by atoms with E-state index in [-0.39, 0.29) is 10.8 Å². The molecule has 0 aliphatic heterocycles. The van der Waals surface area contributed by atoms with Gasteiger partial charge in [0.05, 0.1) is 5.02 Å². The van der Waals surface area contributed by atoms with E-state index in [1.165, 1.54) is 25.7 Å².